The zero-order valence-corrected chi connectivity index (χ0v) is 24.4. The number of carbonyl (C=O) groups is 1. The summed E-state index contributed by atoms with van der Waals surface area (Å²) >= 11 is 0. The van der Waals surface area contributed by atoms with Crippen molar-refractivity contribution in [3.8, 4) is 11.4 Å². The highest BCUT2D eigenvalue weighted by molar-refractivity contribution is 6.04. The number of likely N-dealkylation sites (N-methyl/N-ethyl adjacent to an activating group) is 1. The van der Waals surface area contributed by atoms with Gasteiger partial charge in [-0.2, -0.15) is 13.2 Å². The molecule has 1 saturated heterocycles. The molecule has 0 unspecified atom stereocenters. The predicted molar refractivity (Wildman–Crippen MR) is 163 cm³/mol. The molecule has 226 valence electrons. The van der Waals surface area contributed by atoms with Crippen molar-refractivity contribution in [2.75, 3.05) is 38.5 Å². The SMILES string of the molecule is Cc1ccc(C(=O)Nc2ccc(CN3CCN(C)CC3)c(C(F)(F)F)c2)cc1Cc1nc(-c2cccnc2)nc2cc[nH]c12. The number of carbonyl (C=O) groups excluding carboxylic acids is 1. The number of hydrogen-bond donors (Lipinski definition) is 2. The van der Waals surface area contributed by atoms with Crippen molar-refractivity contribution in [1.29, 1.82) is 0 Å². The summed E-state index contributed by atoms with van der Waals surface area (Å²) in [6.07, 6.45) is 1.06. The highest BCUT2D eigenvalue weighted by Gasteiger charge is 2.34. The van der Waals surface area contributed by atoms with E-state index in [1.807, 2.05) is 43.1 Å². The van der Waals surface area contributed by atoms with Crippen LogP contribution in [0, 0.1) is 6.92 Å². The van der Waals surface area contributed by atoms with Crippen LogP contribution in [0.15, 0.2) is 73.2 Å². The minimum absolute atomic E-state index is 0.0941. The monoisotopic (exact) mass is 599 g/mol. The maximum absolute atomic E-state index is 14.1. The number of piperazine rings is 1. The lowest BCUT2D eigenvalue weighted by molar-refractivity contribution is -0.138. The number of pyridine rings is 1. The average Bonchev–Trinajstić information content (AvgIpc) is 3.49. The van der Waals surface area contributed by atoms with Gasteiger partial charge in [0.15, 0.2) is 5.82 Å². The van der Waals surface area contributed by atoms with Crippen LogP contribution in [0.4, 0.5) is 18.9 Å². The van der Waals surface area contributed by atoms with Gasteiger partial charge in [-0.3, -0.25) is 14.7 Å². The number of nitrogens with one attached hydrogen (secondary N) is 2. The molecule has 8 nitrogen and oxygen atoms in total. The van der Waals surface area contributed by atoms with Crippen molar-refractivity contribution in [2.24, 2.45) is 0 Å². The number of fused-ring (bicyclic) bond motifs is 1. The van der Waals surface area contributed by atoms with Crippen LogP contribution in [0.5, 0.6) is 0 Å². The number of amides is 1. The van der Waals surface area contributed by atoms with E-state index in [0.29, 0.717) is 30.9 Å². The molecule has 0 spiro atoms. The summed E-state index contributed by atoms with van der Waals surface area (Å²) in [5.74, 6) is 0.0539. The van der Waals surface area contributed by atoms with Gasteiger partial charge in [-0.1, -0.05) is 12.1 Å². The maximum Gasteiger partial charge on any atom is 0.416 e. The number of alkyl halides is 3. The predicted octanol–water partition coefficient (Wildman–Crippen LogP) is 5.94. The van der Waals surface area contributed by atoms with Gasteiger partial charge in [-0.05, 0) is 73.1 Å². The average molecular weight is 600 g/mol. The third kappa shape index (κ3) is 6.48. The fourth-order valence-electron chi connectivity index (χ4n) is 5.45. The van der Waals surface area contributed by atoms with Crippen molar-refractivity contribution >= 4 is 22.6 Å². The van der Waals surface area contributed by atoms with Gasteiger partial charge in [0.2, 0.25) is 0 Å². The second-order valence-corrected chi connectivity index (χ2v) is 11.2. The van der Waals surface area contributed by atoms with E-state index in [-0.39, 0.29) is 17.8 Å². The molecule has 44 heavy (non-hydrogen) atoms. The molecule has 0 saturated carbocycles. The molecule has 1 fully saturated rings. The van der Waals surface area contributed by atoms with Crippen molar-refractivity contribution in [3.63, 3.8) is 0 Å². The summed E-state index contributed by atoms with van der Waals surface area (Å²) < 4.78 is 42.2. The van der Waals surface area contributed by atoms with E-state index < -0.39 is 17.6 Å². The minimum atomic E-state index is -4.55. The van der Waals surface area contributed by atoms with Gasteiger partial charge in [0.1, 0.15) is 0 Å². The first-order valence-electron chi connectivity index (χ1n) is 14.4. The van der Waals surface area contributed by atoms with Gasteiger partial charge in [-0.15, -0.1) is 0 Å². The normalized spacial score (nSPS) is 14.7. The van der Waals surface area contributed by atoms with E-state index in [9.17, 15) is 18.0 Å². The van der Waals surface area contributed by atoms with Gasteiger partial charge < -0.3 is 15.2 Å². The van der Waals surface area contributed by atoms with Gasteiger partial charge in [0.05, 0.1) is 22.3 Å². The van der Waals surface area contributed by atoms with Crippen LogP contribution in [0.3, 0.4) is 0 Å². The quantitative estimate of drug-likeness (QED) is 0.241. The van der Waals surface area contributed by atoms with E-state index in [1.54, 1.807) is 30.7 Å². The summed E-state index contributed by atoms with van der Waals surface area (Å²) in [5.41, 5.74) is 4.81. The number of rotatable bonds is 7. The second-order valence-electron chi connectivity index (χ2n) is 11.2. The van der Waals surface area contributed by atoms with E-state index in [0.717, 1.165) is 52.6 Å². The van der Waals surface area contributed by atoms with Gasteiger partial charge >= 0.3 is 6.18 Å². The molecular weight excluding hydrogens is 567 g/mol. The van der Waals surface area contributed by atoms with Crippen molar-refractivity contribution < 1.29 is 18.0 Å². The van der Waals surface area contributed by atoms with Gasteiger partial charge in [0, 0.05) is 74.5 Å². The number of aromatic nitrogens is 4. The summed E-state index contributed by atoms with van der Waals surface area (Å²) in [6.45, 7) is 5.19. The number of anilines is 1. The smallest absolute Gasteiger partial charge is 0.358 e. The summed E-state index contributed by atoms with van der Waals surface area (Å²) in [5, 5.41) is 2.68. The number of H-pyrrole nitrogens is 1. The first-order valence-corrected chi connectivity index (χ1v) is 14.4. The number of aromatic amines is 1. The molecule has 1 amide bonds. The Kier molecular flexibility index (Phi) is 8.15. The van der Waals surface area contributed by atoms with E-state index in [4.69, 9.17) is 4.98 Å². The Hall–Kier alpha value is -4.61. The minimum Gasteiger partial charge on any atom is -0.358 e. The number of halogens is 3. The third-order valence-electron chi connectivity index (χ3n) is 8.03. The molecule has 1 aliphatic heterocycles. The molecule has 4 heterocycles. The zero-order chi connectivity index (χ0) is 30.8. The molecule has 0 aliphatic carbocycles. The van der Waals surface area contributed by atoms with Crippen LogP contribution < -0.4 is 5.32 Å². The van der Waals surface area contributed by atoms with E-state index in [2.05, 4.69) is 25.2 Å². The molecule has 0 atom stereocenters. The first-order chi connectivity index (χ1) is 21.1. The van der Waals surface area contributed by atoms with Gasteiger partial charge in [0.25, 0.3) is 5.91 Å². The van der Waals surface area contributed by atoms with Crippen molar-refractivity contribution in [3.05, 3.63) is 107 Å². The second kappa shape index (κ2) is 12.2. The first kappa shape index (κ1) is 29.5. The molecule has 2 N–H and O–H groups in total. The Morgan fingerprint density at radius 3 is 2.57 bits per heavy atom. The Morgan fingerprint density at radius 1 is 1.00 bits per heavy atom. The highest BCUT2D eigenvalue weighted by atomic mass is 19.4. The molecule has 3 aromatic heterocycles. The summed E-state index contributed by atoms with van der Waals surface area (Å²) in [4.78, 5) is 34.3. The molecule has 5 aromatic rings. The third-order valence-corrected chi connectivity index (χ3v) is 8.03. The largest absolute Gasteiger partial charge is 0.416 e. The van der Waals surface area contributed by atoms with E-state index >= 15 is 0 Å². The molecule has 1 aliphatic rings. The van der Waals surface area contributed by atoms with Crippen molar-refractivity contribution in [2.45, 2.75) is 26.1 Å². The fraction of sp³-hybridized carbons (Fsp3) is 0.273. The van der Waals surface area contributed by atoms with E-state index in [1.165, 1.54) is 12.1 Å². The summed E-state index contributed by atoms with van der Waals surface area (Å²) in [6, 6.07) is 14.9. The lowest BCUT2D eigenvalue weighted by atomic mass is 9.99. The molecule has 6 rings (SSSR count). The highest BCUT2D eigenvalue weighted by Crippen LogP contribution is 2.35. The number of hydrogen-bond acceptors (Lipinski definition) is 6. The standard InChI is InChI=1S/C33H32F3N7O/c1-21-5-6-22(16-25(21)17-29-30-28(9-11-38-30)40-31(41-29)23-4-3-10-37-19-23)32(44)39-26-8-7-24(27(18-26)33(34,35)36)20-43-14-12-42(2)13-15-43/h3-11,16,18-19,38H,12-15,17,20H2,1-2H3,(H,39,44). The van der Waals surface area contributed by atoms with Crippen molar-refractivity contribution in [1.82, 2.24) is 29.7 Å². The Balaban J connectivity index is 1.24. The summed E-state index contributed by atoms with van der Waals surface area (Å²) in [7, 11) is 2.00. The lowest BCUT2D eigenvalue weighted by Crippen LogP contribution is -2.44. The van der Waals surface area contributed by atoms with Crippen LogP contribution >= 0.6 is 0 Å². The number of aryl methyl sites for hydroxylation is 1. The number of benzene rings is 2. The van der Waals surface area contributed by atoms with Gasteiger partial charge in [-0.25, -0.2) is 9.97 Å². The van der Waals surface area contributed by atoms with Crippen LogP contribution in [-0.2, 0) is 19.1 Å². The Bertz CT molecular complexity index is 1800. The molecule has 0 bridgehead atoms. The fourth-order valence-corrected chi connectivity index (χ4v) is 5.45. The van der Waals surface area contributed by atoms with Crippen LogP contribution in [-0.4, -0.2) is 68.9 Å². The topological polar surface area (TPSA) is 90.0 Å². The molecule has 0 radical (unpaired) electrons. The lowest BCUT2D eigenvalue weighted by Gasteiger charge is -2.33. The van der Waals surface area contributed by atoms with Crippen LogP contribution in [0.2, 0.25) is 0 Å². The molecular formula is C33H32F3N7O. The Morgan fingerprint density at radius 2 is 1.82 bits per heavy atom. The molecule has 2 aromatic carbocycles. The molecule has 11 heteroatoms. The Labute approximate surface area is 253 Å². The maximum atomic E-state index is 14.1. The number of nitrogens with zero attached hydrogens (tertiary/aromatic N) is 5. The van der Waals surface area contributed by atoms with Crippen LogP contribution in [0.25, 0.3) is 22.4 Å². The zero-order valence-electron chi connectivity index (χ0n) is 24.4. The van der Waals surface area contributed by atoms with Crippen LogP contribution in [0.1, 0.15) is 38.3 Å².